The van der Waals surface area contributed by atoms with Crippen molar-refractivity contribution in [2.45, 2.75) is 26.3 Å². The smallest absolute Gasteiger partial charge is 0.111 e. The van der Waals surface area contributed by atoms with Crippen molar-refractivity contribution in [3.63, 3.8) is 0 Å². The number of hydrogen-bond acceptors (Lipinski definition) is 3. The van der Waals surface area contributed by atoms with Crippen molar-refractivity contribution < 1.29 is 0 Å². The Bertz CT molecular complexity index is 652. The molecule has 0 amide bonds. The number of hydrogen-bond donors (Lipinski definition) is 0. The normalized spacial score (nSPS) is 16.9. The van der Waals surface area contributed by atoms with Crippen LogP contribution in [0, 0.1) is 0 Å². The fourth-order valence-corrected chi connectivity index (χ4v) is 3.36. The van der Waals surface area contributed by atoms with Gasteiger partial charge in [-0.2, -0.15) is 0 Å². The van der Waals surface area contributed by atoms with Gasteiger partial charge in [0, 0.05) is 64.1 Å². The van der Waals surface area contributed by atoms with E-state index in [9.17, 15) is 0 Å². The second-order valence-corrected chi connectivity index (χ2v) is 7.09. The van der Waals surface area contributed by atoms with E-state index >= 15 is 0 Å². The summed E-state index contributed by atoms with van der Waals surface area (Å²) in [5.41, 5.74) is 1.28. The van der Waals surface area contributed by atoms with Crippen LogP contribution < -0.4 is 0 Å². The average molecular weight is 338 g/mol. The number of rotatable bonds is 7. The highest BCUT2D eigenvalue weighted by Gasteiger charge is 2.16. The first-order valence-corrected chi connectivity index (χ1v) is 9.39. The first-order chi connectivity index (χ1) is 12.2. The summed E-state index contributed by atoms with van der Waals surface area (Å²) in [7, 11) is 0. The van der Waals surface area contributed by atoms with Crippen LogP contribution in [0.1, 0.15) is 31.2 Å². The molecule has 1 aromatic heterocycles. The Kier molecular flexibility index (Phi) is 6.42. The summed E-state index contributed by atoms with van der Waals surface area (Å²) in [6.45, 7) is 12.2. The third-order valence-corrected chi connectivity index (χ3v) is 4.86. The molecule has 4 heteroatoms. The van der Waals surface area contributed by atoms with Crippen molar-refractivity contribution in [3.8, 4) is 0 Å². The van der Waals surface area contributed by atoms with Crippen molar-refractivity contribution in [2.24, 2.45) is 0 Å². The van der Waals surface area contributed by atoms with Crippen LogP contribution in [0.25, 0.3) is 6.08 Å². The molecular weight excluding hydrogens is 308 g/mol. The highest BCUT2D eigenvalue weighted by Crippen LogP contribution is 2.12. The van der Waals surface area contributed by atoms with Crippen molar-refractivity contribution >= 4 is 6.08 Å². The molecule has 0 bridgehead atoms. The lowest BCUT2D eigenvalue weighted by Gasteiger charge is -2.34. The second kappa shape index (κ2) is 8.97. The summed E-state index contributed by atoms with van der Waals surface area (Å²) in [6.07, 6.45) is 8.54. The van der Waals surface area contributed by atoms with E-state index in [0.29, 0.717) is 5.92 Å². The van der Waals surface area contributed by atoms with Crippen LogP contribution in [-0.2, 0) is 6.54 Å². The predicted molar refractivity (Wildman–Crippen MR) is 105 cm³/mol. The number of benzene rings is 1. The maximum Gasteiger partial charge on any atom is 0.111 e. The van der Waals surface area contributed by atoms with Gasteiger partial charge in [-0.1, -0.05) is 56.3 Å². The molecule has 1 aromatic carbocycles. The van der Waals surface area contributed by atoms with Gasteiger partial charge >= 0.3 is 0 Å². The van der Waals surface area contributed by atoms with E-state index in [0.717, 1.165) is 45.8 Å². The molecule has 0 N–H and O–H groups in total. The monoisotopic (exact) mass is 338 g/mol. The molecule has 1 aliphatic heterocycles. The summed E-state index contributed by atoms with van der Waals surface area (Å²) in [4.78, 5) is 9.58. The highest BCUT2D eigenvalue weighted by atomic mass is 15.3. The summed E-state index contributed by atoms with van der Waals surface area (Å²) < 4.78 is 2.31. The Hall–Kier alpha value is -1.91. The Labute approximate surface area is 151 Å². The van der Waals surface area contributed by atoms with Crippen LogP contribution in [0.2, 0.25) is 0 Å². The minimum Gasteiger partial charge on any atom is -0.333 e. The Morgan fingerprint density at radius 3 is 2.44 bits per heavy atom. The number of piperazine rings is 1. The zero-order valence-electron chi connectivity index (χ0n) is 15.5. The van der Waals surface area contributed by atoms with E-state index in [-0.39, 0.29) is 0 Å². The van der Waals surface area contributed by atoms with Crippen LogP contribution in [0.3, 0.4) is 0 Å². The van der Waals surface area contributed by atoms with E-state index < -0.39 is 0 Å². The van der Waals surface area contributed by atoms with Gasteiger partial charge in [0.05, 0.1) is 0 Å². The zero-order chi connectivity index (χ0) is 17.5. The van der Waals surface area contributed by atoms with Crippen molar-refractivity contribution in [2.75, 3.05) is 39.3 Å². The molecule has 3 rings (SSSR count). The Morgan fingerprint density at radius 1 is 1.00 bits per heavy atom. The van der Waals surface area contributed by atoms with Gasteiger partial charge in [-0.25, -0.2) is 4.98 Å². The minimum absolute atomic E-state index is 0.489. The molecule has 134 valence electrons. The lowest BCUT2D eigenvalue weighted by Crippen LogP contribution is -2.47. The molecule has 0 unspecified atom stereocenters. The van der Waals surface area contributed by atoms with Gasteiger partial charge in [0.15, 0.2) is 0 Å². The lowest BCUT2D eigenvalue weighted by molar-refractivity contribution is 0.138. The molecule has 4 nitrogen and oxygen atoms in total. The van der Waals surface area contributed by atoms with Crippen molar-refractivity contribution in [3.05, 3.63) is 60.2 Å². The predicted octanol–water partition coefficient (Wildman–Crippen LogP) is 3.34. The summed E-state index contributed by atoms with van der Waals surface area (Å²) >= 11 is 0. The number of aromatic nitrogens is 2. The molecule has 1 aliphatic rings. The largest absolute Gasteiger partial charge is 0.333 e. The highest BCUT2D eigenvalue weighted by molar-refractivity contribution is 5.48. The third kappa shape index (κ3) is 5.28. The third-order valence-electron chi connectivity index (χ3n) is 4.86. The van der Waals surface area contributed by atoms with Crippen LogP contribution >= 0.6 is 0 Å². The van der Waals surface area contributed by atoms with Gasteiger partial charge in [-0.15, -0.1) is 0 Å². The molecule has 0 atom stereocenters. The van der Waals surface area contributed by atoms with E-state index in [1.165, 1.54) is 11.4 Å². The van der Waals surface area contributed by atoms with Gasteiger partial charge < -0.3 is 4.57 Å². The maximum atomic E-state index is 4.48. The fourth-order valence-electron chi connectivity index (χ4n) is 3.36. The van der Waals surface area contributed by atoms with Gasteiger partial charge in [0.25, 0.3) is 0 Å². The SMILES string of the molecule is CC(C)c1nccn1CCN1CCN(C/C=C/c2ccccc2)CC1. The van der Waals surface area contributed by atoms with Gasteiger partial charge in [-0.3, -0.25) is 9.80 Å². The van der Waals surface area contributed by atoms with Gasteiger partial charge in [0.1, 0.15) is 5.82 Å². The number of imidazole rings is 1. The molecule has 2 heterocycles. The molecule has 0 radical (unpaired) electrons. The van der Waals surface area contributed by atoms with E-state index in [4.69, 9.17) is 0 Å². The number of nitrogens with zero attached hydrogens (tertiary/aromatic N) is 4. The second-order valence-electron chi connectivity index (χ2n) is 7.09. The molecule has 1 fully saturated rings. The topological polar surface area (TPSA) is 24.3 Å². The van der Waals surface area contributed by atoms with E-state index in [1.807, 2.05) is 6.20 Å². The Morgan fingerprint density at radius 2 is 1.72 bits per heavy atom. The van der Waals surface area contributed by atoms with E-state index in [2.05, 4.69) is 81.9 Å². The van der Waals surface area contributed by atoms with Crippen LogP contribution in [0.4, 0.5) is 0 Å². The maximum absolute atomic E-state index is 4.48. The minimum atomic E-state index is 0.489. The first-order valence-electron chi connectivity index (χ1n) is 9.39. The quantitative estimate of drug-likeness (QED) is 0.774. The standard InChI is InChI=1S/C21H30N4/c1-19(2)21-22-10-12-25(21)18-17-24-15-13-23(14-16-24)11-6-9-20-7-4-3-5-8-20/h3-10,12,19H,11,13-18H2,1-2H3/b9-6+. The van der Waals surface area contributed by atoms with Crippen LogP contribution in [-0.4, -0.2) is 58.6 Å². The van der Waals surface area contributed by atoms with Gasteiger partial charge in [-0.05, 0) is 5.56 Å². The molecule has 0 aliphatic carbocycles. The van der Waals surface area contributed by atoms with Gasteiger partial charge in [0.2, 0.25) is 0 Å². The summed E-state index contributed by atoms with van der Waals surface area (Å²) in [6, 6.07) is 10.5. The average Bonchev–Trinajstić information content (AvgIpc) is 3.11. The summed E-state index contributed by atoms with van der Waals surface area (Å²) in [5, 5.41) is 0. The zero-order valence-corrected chi connectivity index (χ0v) is 15.5. The molecule has 1 saturated heterocycles. The van der Waals surface area contributed by atoms with Crippen LogP contribution in [0.5, 0.6) is 0 Å². The van der Waals surface area contributed by atoms with Crippen molar-refractivity contribution in [1.29, 1.82) is 0 Å². The lowest BCUT2D eigenvalue weighted by atomic mass is 10.2. The van der Waals surface area contributed by atoms with Crippen LogP contribution in [0.15, 0.2) is 48.8 Å². The first kappa shape index (κ1) is 17.9. The Balaban J connectivity index is 1.38. The van der Waals surface area contributed by atoms with Crippen molar-refractivity contribution in [1.82, 2.24) is 19.4 Å². The molecule has 25 heavy (non-hydrogen) atoms. The van der Waals surface area contributed by atoms with E-state index in [1.54, 1.807) is 0 Å². The molecule has 0 saturated carbocycles. The fraction of sp³-hybridized carbons (Fsp3) is 0.476. The molecular formula is C21H30N4. The molecule has 0 spiro atoms. The molecule has 2 aromatic rings. The summed E-state index contributed by atoms with van der Waals surface area (Å²) in [5.74, 6) is 1.69.